The molecule has 6 nitrogen and oxygen atoms in total. The minimum Gasteiger partial charge on any atom is -0.387 e. The van der Waals surface area contributed by atoms with Gasteiger partial charge in [0.05, 0.1) is 29.3 Å². The zero-order chi connectivity index (χ0) is 20.8. The van der Waals surface area contributed by atoms with Gasteiger partial charge in [0.15, 0.2) is 0 Å². The molecular weight excluding hydrogens is 386 g/mol. The van der Waals surface area contributed by atoms with Crippen molar-refractivity contribution in [1.29, 1.82) is 0 Å². The van der Waals surface area contributed by atoms with E-state index in [9.17, 15) is 13.5 Å². The molecule has 2 aromatic carbocycles. The maximum atomic E-state index is 13.0. The zero-order valence-electron chi connectivity index (χ0n) is 16.8. The van der Waals surface area contributed by atoms with E-state index in [0.717, 1.165) is 22.5 Å². The number of aliphatic hydroxyl groups excluding tert-OH is 1. The van der Waals surface area contributed by atoms with Crippen molar-refractivity contribution in [3.05, 3.63) is 82.7 Å². The third kappa shape index (κ3) is 3.39. The zero-order valence-corrected chi connectivity index (χ0v) is 17.6. The molecule has 0 fully saturated rings. The molecule has 0 amide bonds. The Labute approximate surface area is 171 Å². The number of rotatable bonds is 4. The molecule has 3 aromatic rings. The molecule has 1 aliphatic heterocycles. The largest absolute Gasteiger partial charge is 0.387 e. The lowest BCUT2D eigenvalue weighted by atomic mass is 9.95. The van der Waals surface area contributed by atoms with Gasteiger partial charge in [-0.1, -0.05) is 48.5 Å². The Kier molecular flexibility index (Phi) is 5.06. The summed E-state index contributed by atoms with van der Waals surface area (Å²) in [7, 11) is -2.10. The number of hydrogen-bond acceptors (Lipinski definition) is 4. The van der Waals surface area contributed by atoms with Gasteiger partial charge in [-0.2, -0.15) is 9.40 Å². The predicted molar refractivity (Wildman–Crippen MR) is 111 cm³/mol. The molecule has 0 radical (unpaired) electrons. The Morgan fingerprint density at radius 3 is 2.41 bits per heavy atom. The highest BCUT2D eigenvalue weighted by molar-refractivity contribution is 7.89. The molecule has 1 N–H and O–H groups in total. The first-order chi connectivity index (χ1) is 13.8. The standard InChI is InChI=1S/C22H25N3O3S/c1-15-19(16(2)25(23-15)14-17-9-5-4-6-10-17)13-20-22(26)18-11-7-8-12-21(18)29(27,28)24(20)3/h4-12,20,22,26H,13-14H2,1-3H3/t20-,22+/m1/s1. The van der Waals surface area contributed by atoms with Gasteiger partial charge in [-0.3, -0.25) is 4.68 Å². The summed E-state index contributed by atoms with van der Waals surface area (Å²) in [6.45, 7) is 4.58. The molecule has 0 unspecified atom stereocenters. The van der Waals surface area contributed by atoms with Crippen LogP contribution in [0, 0.1) is 13.8 Å². The average molecular weight is 412 g/mol. The van der Waals surface area contributed by atoms with Gasteiger partial charge in [0.1, 0.15) is 0 Å². The van der Waals surface area contributed by atoms with Crippen LogP contribution >= 0.6 is 0 Å². The van der Waals surface area contributed by atoms with Crippen molar-refractivity contribution in [2.24, 2.45) is 0 Å². The van der Waals surface area contributed by atoms with Crippen LogP contribution in [0.3, 0.4) is 0 Å². The molecule has 0 aliphatic carbocycles. The van der Waals surface area contributed by atoms with Crippen LogP contribution in [0.4, 0.5) is 0 Å². The second-order valence-corrected chi connectivity index (χ2v) is 9.53. The maximum Gasteiger partial charge on any atom is 0.243 e. The number of hydrogen-bond donors (Lipinski definition) is 1. The molecule has 29 heavy (non-hydrogen) atoms. The Hall–Kier alpha value is -2.48. The van der Waals surface area contributed by atoms with Crippen LogP contribution < -0.4 is 0 Å². The normalized spacial score (nSPS) is 21.1. The van der Waals surface area contributed by atoms with Gasteiger partial charge in [-0.05, 0) is 37.5 Å². The summed E-state index contributed by atoms with van der Waals surface area (Å²) in [5.41, 5.74) is 4.43. The summed E-state index contributed by atoms with van der Waals surface area (Å²) < 4.78 is 29.2. The van der Waals surface area contributed by atoms with E-state index in [1.165, 1.54) is 11.4 Å². The van der Waals surface area contributed by atoms with E-state index in [0.29, 0.717) is 18.5 Å². The van der Waals surface area contributed by atoms with Crippen molar-refractivity contribution in [3.63, 3.8) is 0 Å². The van der Waals surface area contributed by atoms with Gasteiger partial charge >= 0.3 is 0 Å². The summed E-state index contributed by atoms with van der Waals surface area (Å²) in [6, 6.07) is 16.2. The molecular formula is C22H25N3O3S. The highest BCUT2D eigenvalue weighted by Gasteiger charge is 2.41. The van der Waals surface area contributed by atoms with Crippen molar-refractivity contribution in [2.75, 3.05) is 7.05 Å². The SMILES string of the molecule is Cc1nn(Cc2ccccc2)c(C)c1C[C@@H]1[C@@H](O)c2ccccc2S(=O)(=O)N1C. The lowest BCUT2D eigenvalue weighted by Gasteiger charge is -2.37. The number of nitrogens with zero attached hydrogens (tertiary/aromatic N) is 3. The summed E-state index contributed by atoms with van der Waals surface area (Å²) >= 11 is 0. The fourth-order valence-electron chi connectivity index (χ4n) is 4.09. The first-order valence-electron chi connectivity index (χ1n) is 9.62. The van der Waals surface area contributed by atoms with Gasteiger partial charge in [0.25, 0.3) is 0 Å². The van der Waals surface area contributed by atoms with Crippen LogP contribution in [-0.4, -0.2) is 40.7 Å². The van der Waals surface area contributed by atoms with Gasteiger partial charge in [0.2, 0.25) is 10.0 Å². The van der Waals surface area contributed by atoms with Crippen LogP contribution in [0.15, 0.2) is 59.5 Å². The van der Waals surface area contributed by atoms with E-state index < -0.39 is 22.2 Å². The maximum absolute atomic E-state index is 13.0. The number of aromatic nitrogens is 2. The predicted octanol–water partition coefficient (Wildman–Crippen LogP) is 2.83. The third-order valence-electron chi connectivity index (χ3n) is 5.85. The monoisotopic (exact) mass is 411 g/mol. The summed E-state index contributed by atoms with van der Waals surface area (Å²) in [5.74, 6) is 0. The molecule has 0 saturated carbocycles. The van der Waals surface area contributed by atoms with E-state index in [2.05, 4.69) is 17.2 Å². The fourth-order valence-corrected chi connectivity index (χ4v) is 5.68. The molecule has 1 aliphatic rings. The number of likely N-dealkylation sites (N-methyl/N-ethyl adjacent to an activating group) is 1. The Bertz CT molecular complexity index is 1140. The summed E-state index contributed by atoms with van der Waals surface area (Å²) in [4.78, 5) is 0.180. The van der Waals surface area contributed by atoms with Crippen LogP contribution in [0.2, 0.25) is 0 Å². The Morgan fingerprint density at radius 2 is 1.69 bits per heavy atom. The van der Waals surface area contributed by atoms with Crippen LogP contribution in [-0.2, 0) is 23.0 Å². The van der Waals surface area contributed by atoms with Crippen molar-refractivity contribution >= 4 is 10.0 Å². The molecule has 7 heteroatoms. The quantitative estimate of drug-likeness (QED) is 0.716. The lowest BCUT2D eigenvalue weighted by Crippen LogP contribution is -2.46. The first kappa shape index (κ1) is 19.8. The molecule has 152 valence electrons. The summed E-state index contributed by atoms with van der Waals surface area (Å²) in [5, 5.41) is 15.6. The second-order valence-electron chi connectivity index (χ2n) is 7.57. The van der Waals surface area contributed by atoms with E-state index >= 15 is 0 Å². The van der Waals surface area contributed by atoms with Crippen molar-refractivity contribution in [1.82, 2.24) is 14.1 Å². The van der Waals surface area contributed by atoms with E-state index in [1.54, 1.807) is 24.3 Å². The number of sulfonamides is 1. The first-order valence-corrected chi connectivity index (χ1v) is 11.1. The minimum absolute atomic E-state index is 0.180. The molecule has 0 bridgehead atoms. The van der Waals surface area contributed by atoms with Crippen molar-refractivity contribution in [3.8, 4) is 0 Å². The summed E-state index contributed by atoms with van der Waals surface area (Å²) in [6.07, 6.45) is -0.492. The molecule has 4 rings (SSSR count). The Balaban J connectivity index is 1.68. The smallest absolute Gasteiger partial charge is 0.243 e. The second kappa shape index (κ2) is 7.40. The number of fused-ring (bicyclic) bond motifs is 1. The van der Waals surface area contributed by atoms with E-state index in [-0.39, 0.29) is 4.90 Å². The molecule has 1 aromatic heterocycles. The van der Waals surface area contributed by atoms with Gasteiger partial charge in [-0.25, -0.2) is 8.42 Å². The van der Waals surface area contributed by atoms with Crippen LogP contribution in [0.5, 0.6) is 0 Å². The number of aliphatic hydroxyl groups is 1. The molecule has 2 atom stereocenters. The molecule has 2 heterocycles. The minimum atomic E-state index is -3.64. The Morgan fingerprint density at radius 1 is 1.03 bits per heavy atom. The van der Waals surface area contributed by atoms with Gasteiger partial charge in [-0.15, -0.1) is 0 Å². The van der Waals surface area contributed by atoms with E-state index in [4.69, 9.17) is 0 Å². The molecule has 0 saturated heterocycles. The highest BCUT2D eigenvalue weighted by Crippen LogP contribution is 2.37. The third-order valence-corrected chi connectivity index (χ3v) is 7.80. The number of aryl methyl sites for hydroxylation is 1. The van der Waals surface area contributed by atoms with Crippen LogP contribution in [0.25, 0.3) is 0 Å². The lowest BCUT2D eigenvalue weighted by molar-refractivity contribution is 0.0890. The highest BCUT2D eigenvalue weighted by atomic mass is 32.2. The van der Waals surface area contributed by atoms with Gasteiger partial charge < -0.3 is 5.11 Å². The van der Waals surface area contributed by atoms with Crippen molar-refractivity contribution < 1.29 is 13.5 Å². The average Bonchev–Trinajstić information content (AvgIpc) is 2.97. The van der Waals surface area contributed by atoms with E-state index in [1.807, 2.05) is 36.7 Å². The van der Waals surface area contributed by atoms with Gasteiger partial charge in [0, 0.05) is 18.3 Å². The topological polar surface area (TPSA) is 75.4 Å². The molecule has 0 spiro atoms. The number of benzene rings is 2. The van der Waals surface area contributed by atoms with Crippen molar-refractivity contribution in [2.45, 2.75) is 43.9 Å². The van der Waals surface area contributed by atoms with Crippen LogP contribution in [0.1, 0.15) is 34.2 Å². The fraction of sp³-hybridized carbons (Fsp3) is 0.318.